The Morgan fingerprint density at radius 2 is 2.21 bits per heavy atom. The van der Waals surface area contributed by atoms with Crippen LogP contribution in [0.4, 0.5) is 0 Å². The van der Waals surface area contributed by atoms with E-state index in [9.17, 15) is 4.79 Å². The molecular weight excluding hydrogens is 378 g/mol. The fraction of sp³-hybridized carbons (Fsp3) is 0.333. The smallest absolute Gasteiger partial charge is 0.237 e. The van der Waals surface area contributed by atoms with Crippen LogP contribution in [-0.2, 0) is 4.79 Å². The molecule has 2 aromatic heterocycles. The Bertz CT molecular complexity index is 613. The minimum atomic E-state index is -0.351. The number of aromatic nitrogens is 3. The number of carbonyl (C=O) groups is 1. The Hall–Kier alpha value is -1.08. The van der Waals surface area contributed by atoms with Crippen molar-refractivity contribution < 1.29 is 9.32 Å². The minimum absolute atomic E-state index is 0.0144. The van der Waals surface area contributed by atoms with Crippen LogP contribution in [0.3, 0.4) is 0 Å². The zero-order valence-electron chi connectivity index (χ0n) is 10.4. The summed E-state index contributed by atoms with van der Waals surface area (Å²) in [6.07, 6.45) is 2.28. The minimum Gasteiger partial charge on any atom is -0.338 e. The summed E-state index contributed by atoms with van der Waals surface area (Å²) in [7, 11) is 0. The van der Waals surface area contributed by atoms with Crippen LogP contribution in [0, 0.1) is 0 Å². The van der Waals surface area contributed by atoms with Crippen molar-refractivity contribution in [1.82, 2.24) is 15.1 Å². The first-order chi connectivity index (χ1) is 9.02. The number of pyridine rings is 1. The molecule has 0 saturated heterocycles. The zero-order valence-corrected chi connectivity index (χ0v) is 13.5. The van der Waals surface area contributed by atoms with E-state index in [2.05, 4.69) is 47.0 Å². The highest BCUT2D eigenvalue weighted by atomic mass is 79.9. The van der Waals surface area contributed by atoms with Gasteiger partial charge in [0.2, 0.25) is 11.7 Å². The molecule has 5 nitrogen and oxygen atoms in total. The molecule has 0 spiro atoms. The lowest BCUT2D eigenvalue weighted by Gasteiger charge is -2.03. The molecule has 2 heterocycles. The number of hydrogen-bond donors (Lipinski definition) is 0. The third-order valence-corrected chi connectivity index (χ3v) is 3.70. The zero-order chi connectivity index (χ0) is 14.0. The summed E-state index contributed by atoms with van der Waals surface area (Å²) in [6.45, 7) is 3.43. The first-order valence-corrected chi connectivity index (χ1v) is 7.27. The van der Waals surface area contributed by atoms with Gasteiger partial charge in [0.1, 0.15) is 11.5 Å². The molecule has 0 saturated carbocycles. The molecular formula is C12H11Br2N3O2. The number of hydrogen-bond acceptors (Lipinski definition) is 5. The standard InChI is InChI=1S/C12H11Br2N3O2/c1-3-8(6(2)18)12-16-11(17-19-12)10-9(14)4-7(13)5-15-10/h4-5,8H,3H2,1-2H3. The van der Waals surface area contributed by atoms with Gasteiger partial charge >= 0.3 is 0 Å². The van der Waals surface area contributed by atoms with E-state index in [1.165, 1.54) is 6.92 Å². The summed E-state index contributed by atoms with van der Waals surface area (Å²) in [5, 5.41) is 3.88. The van der Waals surface area contributed by atoms with E-state index in [0.717, 1.165) is 8.95 Å². The second kappa shape index (κ2) is 5.92. The van der Waals surface area contributed by atoms with E-state index in [1.54, 1.807) is 6.20 Å². The monoisotopic (exact) mass is 387 g/mol. The molecule has 2 rings (SSSR count). The SMILES string of the molecule is CCC(C(C)=O)c1nc(-c2ncc(Br)cc2Br)no1. The molecule has 0 fully saturated rings. The maximum Gasteiger partial charge on any atom is 0.237 e. The second-order valence-electron chi connectivity index (χ2n) is 4.01. The van der Waals surface area contributed by atoms with Crippen LogP contribution >= 0.6 is 31.9 Å². The molecule has 2 aromatic rings. The first kappa shape index (κ1) is 14.3. The molecule has 0 radical (unpaired) electrons. The maximum atomic E-state index is 11.5. The van der Waals surface area contributed by atoms with Gasteiger partial charge in [0.15, 0.2) is 0 Å². The van der Waals surface area contributed by atoms with Crippen molar-refractivity contribution in [3.05, 3.63) is 27.1 Å². The van der Waals surface area contributed by atoms with Crippen LogP contribution in [0.15, 0.2) is 25.7 Å². The van der Waals surface area contributed by atoms with Crippen molar-refractivity contribution in [3.63, 3.8) is 0 Å². The molecule has 100 valence electrons. The van der Waals surface area contributed by atoms with Crippen LogP contribution in [0.25, 0.3) is 11.5 Å². The molecule has 0 aliphatic rings. The van der Waals surface area contributed by atoms with E-state index in [-0.39, 0.29) is 11.7 Å². The summed E-state index contributed by atoms with van der Waals surface area (Å²) in [6, 6.07) is 1.85. The van der Waals surface area contributed by atoms with Gasteiger partial charge in [-0.2, -0.15) is 4.98 Å². The number of carbonyl (C=O) groups excluding carboxylic acids is 1. The van der Waals surface area contributed by atoms with Gasteiger partial charge in [0.25, 0.3) is 0 Å². The lowest BCUT2D eigenvalue weighted by molar-refractivity contribution is -0.119. The largest absolute Gasteiger partial charge is 0.338 e. The Morgan fingerprint density at radius 1 is 1.47 bits per heavy atom. The molecule has 0 N–H and O–H groups in total. The van der Waals surface area contributed by atoms with Crippen molar-refractivity contribution in [2.45, 2.75) is 26.2 Å². The van der Waals surface area contributed by atoms with Gasteiger partial charge in [-0.25, -0.2) is 0 Å². The van der Waals surface area contributed by atoms with Gasteiger partial charge in [-0.3, -0.25) is 9.78 Å². The number of halogens is 2. The summed E-state index contributed by atoms with van der Waals surface area (Å²) in [4.78, 5) is 20.0. The molecule has 0 aromatic carbocycles. The van der Waals surface area contributed by atoms with E-state index >= 15 is 0 Å². The maximum absolute atomic E-state index is 11.5. The lowest BCUT2D eigenvalue weighted by Crippen LogP contribution is -2.07. The van der Waals surface area contributed by atoms with E-state index < -0.39 is 0 Å². The molecule has 0 bridgehead atoms. The van der Waals surface area contributed by atoms with Crippen molar-refractivity contribution in [2.24, 2.45) is 0 Å². The lowest BCUT2D eigenvalue weighted by atomic mass is 10.0. The predicted molar refractivity (Wildman–Crippen MR) is 76.6 cm³/mol. The molecule has 0 amide bonds. The summed E-state index contributed by atoms with van der Waals surface area (Å²) < 4.78 is 6.77. The third-order valence-electron chi connectivity index (χ3n) is 2.66. The van der Waals surface area contributed by atoms with E-state index in [4.69, 9.17) is 4.52 Å². The van der Waals surface area contributed by atoms with Gasteiger partial charge in [-0.05, 0) is 51.3 Å². The Labute approximate surface area is 127 Å². The van der Waals surface area contributed by atoms with Crippen LogP contribution in [-0.4, -0.2) is 20.9 Å². The highest BCUT2D eigenvalue weighted by Crippen LogP contribution is 2.28. The van der Waals surface area contributed by atoms with Gasteiger partial charge in [0.05, 0.1) is 5.92 Å². The molecule has 0 aliphatic heterocycles. The van der Waals surface area contributed by atoms with Gasteiger partial charge in [-0.15, -0.1) is 0 Å². The van der Waals surface area contributed by atoms with Crippen molar-refractivity contribution >= 4 is 37.6 Å². The van der Waals surface area contributed by atoms with Gasteiger partial charge < -0.3 is 4.52 Å². The average molecular weight is 389 g/mol. The summed E-state index contributed by atoms with van der Waals surface area (Å²) >= 11 is 6.72. The Balaban J connectivity index is 2.38. The number of ketones is 1. The third kappa shape index (κ3) is 3.09. The predicted octanol–water partition coefficient (Wildman–Crippen LogP) is 3.74. The van der Waals surface area contributed by atoms with Crippen molar-refractivity contribution in [2.75, 3.05) is 0 Å². The number of rotatable bonds is 4. The van der Waals surface area contributed by atoms with Crippen LogP contribution < -0.4 is 0 Å². The normalized spacial score (nSPS) is 12.4. The second-order valence-corrected chi connectivity index (χ2v) is 5.78. The Morgan fingerprint density at radius 3 is 2.79 bits per heavy atom. The highest BCUT2D eigenvalue weighted by Gasteiger charge is 2.23. The van der Waals surface area contributed by atoms with E-state index in [1.807, 2.05) is 13.0 Å². The summed E-state index contributed by atoms with van der Waals surface area (Å²) in [5.74, 6) is 0.367. The first-order valence-electron chi connectivity index (χ1n) is 5.68. The Kier molecular flexibility index (Phi) is 4.46. The van der Waals surface area contributed by atoms with Crippen LogP contribution in [0.1, 0.15) is 32.1 Å². The fourth-order valence-electron chi connectivity index (χ4n) is 1.69. The highest BCUT2D eigenvalue weighted by molar-refractivity contribution is 9.11. The molecule has 19 heavy (non-hydrogen) atoms. The molecule has 0 aliphatic carbocycles. The van der Waals surface area contributed by atoms with Crippen molar-refractivity contribution in [1.29, 1.82) is 0 Å². The van der Waals surface area contributed by atoms with Gasteiger partial charge in [0, 0.05) is 15.1 Å². The number of Topliss-reactive ketones (excluding diaryl/α,β-unsaturated/α-hetero) is 1. The van der Waals surface area contributed by atoms with Crippen LogP contribution in [0.2, 0.25) is 0 Å². The average Bonchev–Trinajstić information content (AvgIpc) is 2.78. The topological polar surface area (TPSA) is 68.9 Å². The van der Waals surface area contributed by atoms with Gasteiger partial charge in [-0.1, -0.05) is 12.1 Å². The van der Waals surface area contributed by atoms with Crippen LogP contribution in [0.5, 0.6) is 0 Å². The molecule has 1 unspecified atom stereocenters. The van der Waals surface area contributed by atoms with E-state index in [0.29, 0.717) is 23.8 Å². The fourth-order valence-corrected chi connectivity index (χ4v) is 2.85. The summed E-state index contributed by atoms with van der Waals surface area (Å²) in [5.41, 5.74) is 0.580. The quantitative estimate of drug-likeness (QED) is 0.797. The number of nitrogens with zero attached hydrogens (tertiary/aromatic N) is 3. The van der Waals surface area contributed by atoms with Crippen molar-refractivity contribution in [3.8, 4) is 11.5 Å². The molecule has 1 atom stereocenters. The molecule has 7 heteroatoms.